The summed E-state index contributed by atoms with van der Waals surface area (Å²) in [4.78, 5) is 28.2. The maximum atomic E-state index is 13.9. The third kappa shape index (κ3) is 7.28. The minimum Gasteiger partial charge on any atom is -0.352 e. The molecular formula is C28H31Cl2N3O4S. The van der Waals surface area contributed by atoms with Crippen LogP contribution in [0.1, 0.15) is 31.9 Å². The van der Waals surface area contributed by atoms with Gasteiger partial charge in [0.1, 0.15) is 12.6 Å². The van der Waals surface area contributed by atoms with Crippen molar-refractivity contribution in [3.63, 3.8) is 0 Å². The van der Waals surface area contributed by atoms with Crippen molar-refractivity contribution in [2.75, 3.05) is 10.8 Å². The van der Waals surface area contributed by atoms with E-state index in [-0.39, 0.29) is 23.4 Å². The first-order chi connectivity index (χ1) is 17.9. The molecule has 0 aliphatic carbocycles. The number of carbonyl (C=O) groups is 2. The predicted molar refractivity (Wildman–Crippen MR) is 152 cm³/mol. The zero-order chi connectivity index (χ0) is 28.0. The lowest BCUT2D eigenvalue weighted by atomic mass is 10.1. The predicted octanol–water partition coefficient (Wildman–Crippen LogP) is 5.44. The molecule has 0 saturated carbocycles. The first kappa shape index (κ1) is 29.5. The Morgan fingerprint density at radius 3 is 2.13 bits per heavy atom. The van der Waals surface area contributed by atoms with Crippen LogP contribution in [0.15, 0.2) is 77.7 Å². The highest BCUT2D eigenvalue weighted by molar-refractivity contribution is 7.92. The highest BCUT2D eigenvalue weighted by atomic mass is 35.5. The van der Waals surface area contributed by atoms with Gasteiger partial charge in [0.15, 0.2) is 0 Å². The number of rotatable bonds is 10. The van der Waals surface area contributed by atoms with Gasteiger partial charge in [-0.05, 0) is 69.7 Å². The van der Waals surface area contributed by atoms with Crippen molar-refractivity contribution >= 4 is 50.7 Å². The fourth-order valence-electron chi connectivity index (χ4n) is 3.78. The highest BCUT2D eigenvalue weighted by Gasteiger charge is 2.32. The summed E-state index contributed by atoms with van der Waals surface area (Å²) in [5.74, 6) is -0.936. The van der Waals surface area contributed by atoms with Gasteiger partial charge in [0, 0.05) is 22.6 Å². The van der Waals surface area contributed by atoms with E-state index >= 15 is 0 Å². The second-order valence-corrected chi connectivity index (χ2v) is 12.0. The van der Waals surface area contributed by atoms with E-state index in [1.165, 1.54) is 17.0 Å². The second-order valence-electron chi connectivity index (χ2n) is 9.26. The van der Waals surface area contributed by atoms with Crippen LogP contribution in [-0.4, -0.2) is 43.8 Å². The summed E-state index contributed by atoms with van der Waals surface area (Å²) in [5.41, 5.74) is 1.84. The summed E-state index contributed by atoms with van der Waals surface area (Å²) in [7, 11) is -4.11. The molecule has 0 aliphatic rings. The molecular weight excluding hydrogens is 545 g/mol. The average molecular weight is 577 g/mol. The van der Waals surface area contributed by atoms with Crippen molar-refractivity contribution in [2.24, 2.45) is 0 Å². The van der Waals surface area contributed by atoms with Gasteiger partial charge >= 0.3 is 0 Å². The zero-order valence-electron chi connectivity index (χ0n) is 21.7. The normalized spacial score (nSPS) is 12.2. The maximum absolute atomic E-state index is 13.9. The Labute approximate surface area is 234 Å². The average Bonchev–Trinajstić information content (AvgIpc) is 2.87. The number of hydrogen-bond acceptors (Lipinski definition) is 4. The number of halogens is 2. The van der Waals surface area contributed by atoms with E-state index in [0.29, 0.717) is 21.3 Å². The van der Waals surface area contributed by atoms with Crippen LogP contribution in [0.5, 0.6) is 0 Å². The number of nitrogens with zero attached hydrogens (tertiary/aromatic N) is 2. The minimum atomic E-state index is -4.11. The molecule has 0 bridgehead atoms. The van der Waals surface area contributed by atoms with Gasteiger partial charge in [-0.15, -0.1) is 0 Å². The van der Waals surface area contributed by atoms with Gasteiger partial charge in [-0.2, -0.15) is 0 Å². The van der Waals surface area contributed by atoms with Gasteiger partial charge in [-0.3, -0.25) is 13.9 Å². The largest absolute Gasteiger partial charge is 0.352 e. The standard InChI is InChI=1S/C28H31Cl2N3O4S/c1-19(2)31-28(35)21(4)32(17-22-12-13-23(29)16-26(22)30)27(34)18-33(24-14-10-20(3)11-15-24)38(36,37)25-8-6-5-7-9-25/h5-16,19,21H,17-18H2,1-4H3,(H,31,35). The quantitative estimate of drug-likeness (QED) is 0.348. The monoisotopic (exact) mass is 575 g/mol. The number of amides is 2. The molecule has 202 valence electrons. The SMILES string of the molecule is Cc1ccc(N(CC(=O)N(Cc2ccc(Cl)cc2Cl)C(C)C(=O)NC(C)C)S(=O)(=O)c2ccccc2)cc1. The van der Waals surface area contributed by atoms with Crippen molar-refractivity contribution in [3.8, 4) is 0 Å². The molecule has 3 aromatic carbocycles. The topological polar surface area (TPSA) is 86.8 Å². The van der Waals surface area contributed by atoms with Crippen LogP contribution >= 0.6 is 23.2 Å². The second kappa shape index (κ2) is 12.7. The molecule has 0 fully saturated rings. The molecule has 0 spiro atoms. The number of benzene rings is 3. The molecule has 0 aliphatic heterocycles. The molecule has 3 aromatic rings. The zero-order valence-corrected chi connectivity index (χ0v) is 24.0. The maximum Gasteiger partial charge on any atom is 0.264 e. The van der Waals surface area contributed by atoms with Gasteiger partial charge < -0.3 is 10.2 Å². The van der Waals surface area contributed by atoms with E-state index in [9.17, 15) is 18.0 Å². The van der Waals surface area contributed by atoms with E-state index in [1.54, 1.807) is 67.6 Å². The summed E-state index contributed by atoms with van der Waals surface area (Å²) in [6.07, 6.45) is 0. The Bertz CT molecular complexity index is 1380. The van der Waals surface area contributed by atoms with Crippen LogP contribution in [0.4, 0.5) is 5.69 Å². The third-order valence-electron chi connectivity index (χ3n) is 5.89. The Hall–Kier alpha value is -3.07. The molecule has 38 heavy (non-hydrogen) atoms. The van der Waals surface area contributed by atoms with Crippen LogP contribution < -0.4 is 9.62 Å². The molecule has 7 nitrogen and oxygen atoms in total. The number of nitrogens with one attached hydrogen (secondary N) is 1. The molecule has 3 rings (SSSR count). The smallest absolute Gasteiger partial charge is 0.264 e. The number of hydrogen-bond donors (Lipinski definition) is 1. The fraction of sp³-hybridized carbons (Fsp3) is 0.286. The number of aryl methyl sites for hydroxylation is 1. The lowest BCUT2D eigenvalue weighted by molar-refractivity contribution is -0.139. The van der Waals surface area contributed by atoms with Crippen LogP contribution in [-0.2, 0) is 26.2 Å². The molecule has 1 N–H and O–H groups in total. The Morgan fingerprint density at radius 1 is 0.921 bits per heavy atom. The molecule has 2 amide bonds. The van der Waals surface area contributed by atoms with E-state index in [4.69, 9.17) is 23.2 Å². The summed E-state index contributed by atoms with van der Waals surface area (Å²) >= 11 is 12.4. The third-order valence-corrected chi connectivity index (χ3v) is 8.26. The first-order valence-corrected chi connectivity index (χ1v) is 14.3. The fourth-order valence-corrected chi connectivity index (χ4v) is 5.68. The Balaban J connectivity index is 2.03. The molecule has 0 heterocycles. The van der Waals surface area contributed by atoms with E-state index in [1.807, 2.05) is 20.8 Å². The van der Waals surface area contributed by atoms with Crippen LogP contribution in [0.25, 0.3) is 0 Å². The lowest BCUT2D eigenvalue weighted by Crippen LogP contribution is -2.52. The van der Waals surface area contributed by atoms with Gasteiger partial charge in [0.2, 0.25) is 11.8 Å². The van der Waals surface area contributed by atoms with Gasteiger partial charge in [0.25, 0.3) is 10.0 Å². The van der Waals surface area contributed by atoms with Crippen LogP contribution in [0.3, 0.4) is 0 Å². The van der Waals surface area contributed by atoms with Crippen LogP contribution in [0.2, 0.25) is 10.0 Å². The van der Waals surface area contributed by atoms with Gasteiger partial charge in [-0.1, -0.05) is 65.2 Å². The van der Waals surface area contributed by atoms with E-state index in [0.717, 1.165) is 9.87 Å². The first-order valence-electron chi connectivity index (χ1n) is 12.1. The van der Waals surface area contributed by atoms with E-state index in [2.05, 4.69) is 5.32 Å². The molecule has 10 heteroatoms. The number of carbonyl (C=O) groups excluding carboxylic acids is 2. The highest BCUT2D eigenvalue weighted by Crippen LogP contribution is 2.26. The van der Waals surface area contributed by atoms with E-state index < -0.39 is 28.5 Å². The Kier molecular flexibility index (Phi) is 9.82. The van der Waals surface area contributed by atoms with Crippen molar-refractivity contribution in [2.45, 2.75) is 51.2 Å². The lowest BCUT2D eigenvalue weighted by Gasteiger charge is -2.32. The van der Waals surface area contributed by atoms with Crippen LogP contribution in [0, 0.1) is 6.92 Å². The van der Waals surface area contributed by atoms with Crippen molar-refractivity contribution in [1.82, 2.24) is 10.2 Å². The van der Waals surface area contributed by atoms with Gasteiger partial charge in [-0.25, -0.2) is 8.42 Å². The van der Waals surface area contributed by atoms with Crippen molar-refractivity contribution in [3.05, 3.63) is 94.0 Å². The molecule has 0 aromatic heterocycles. The molecule has 1 unspecified atom stereocenters. The summed E-state index contributed by atoms with van der Waals surface area (Å²) < 4.78 is 28.5. The Morgan fingerprint density at radius 2 is 1.55 bits per heavy atom. The molecule has 0 radical (unpaired) electrons. The molecule has 0 saturated heterocycles. The molecule has 1 atom stereocenters. The summed E-state index contributed by atoms with van der Waals surface area (Å²) in [5, 5.41) is 3.58. The van der Waals surface area contributed by atoms with Crippen molar-refractivity contribution < 1.29 is 18.0 Å². The minimum absolute atomic E-state index is 0.0192. The summed E-state index contributed by atoms with van der Waals surface area (Å²) in [6.45, 7) is 6.58. The van der Waals surface area contributed by atoms with Gasteiger partial charge in [0.05, 0.1) is 10.6 Å². The number of sulfonamides is 1. The summed E-state index contributed by atoms with van der Waals surface area (Å²) in [6, 6.07) is 18.6. The number of anilines is 1. The van der Waals surface area contributed by atoms with Crippen molar-refractivity contribution in [1.29, 1.82) is 0 Å².